The number of hydrogen-bond acceptors (Lipinski definition) is 5. The van der Waals surface area contributed by atoms with Gasteiger partial charge in [-0.25, -0.2) is 10.1 Å². The molecular weight excluding hydrogens is 234 g/mol. The molecule has 0 atom stereocenters. The Morgan fingerprint density at radius 2 is 1.83 bits per heavy atom. The van der Waals surface area contributed by atoms with Crippen molar-refractivity contribution in [1.82, 2.24) is 20.1 Å². The summed E-state index contributed by atoms with van der Waals surface area (Å²) in [6.45, 7) is 0.0571. The summed E-state index contributed by atoms with van der Waals surface area (Å²) in [6.07, 6.45) is 1.34. The van der Waals surface area contributed by atoms with Crippen LogP contribution in [0.15, 0.2) is 30.6 Å². The third-order valence-corrected chi connectivity index (χ3v) is 2.70. The van der Waals surface area contributed by atoms with Crippen molar-refractivity contribution in [2.24, 2.45) is 0 Å². The maximum absolute atomic E-state index is 12.0. The molecule has 1 aliphatic rings. The number of rotatable bonds is 3. The van der Waals surface area contributed by atoms with Crippen LogP contribution in [0.5, 0.6) is 0 Å². The van der Waals surface area contributed by atoms with E-state index < -0.39 is 0 Å². The van der Waals surface area contributed by atoms with Crippen molar-refractivity contribution >= 4 is 17.8 Å². The summed E-state index contributed by atoms with van der Waals surface area (Å²) in [4.78, 5) is 29.0. The SMILES string of the molecule is O=C1c2ccccc2C(=O)N1CNc1ncn[nH]1. The van der Waals surface area contributed by atoms with Crippen LogP contribution >= 0.6 is 0 Å². The quantitative estimate of drug-likeness (QED) is 0.765. The first-order valence-corrected chi connectivity index (χ1v) is 5.32. The average Bonchev–Trinajstić information content (AvgIpc) is 2.98. The smallest absolute Gasteiger partial charge is 0.263 e. The van der Waals surface area contributed by atoms with E-state index in [0.717, 1.165) is 4.90 Å². The minimum Gasteiger partial charge on any atom is -0.336 e. The van der Waals surface area contributed by atoms with Crippen LogP contribution in [0.3, 0.4) is 0 Å². The standard InChI is InChI=1S/C11H9N5O2/c17-9-7-3-1-2-4-8(7)10(18)16(9)6-13-11-12-5-14-15-11/h1-5H,6H2,(H2,12,13,14,15). The van der Waals surface area contributed by atoms with Crippen molar-refractivity contribution in [3.8, 4) is 0 Å². The maximum Gasteiger partial charge on any atom is 0.263 e. The highest BCUT2D eigenvalue weighted by Crippen LogP contribution is 2.21. The zero-order chi connectivity index (χ0) is 12.5. The summed E-state index contributed by atoms with van der Waals surface area (Å²) < 4.78 is 0. The zero-order valence-electron chi connectivity index (χ0n) is 9.25. The first kappa shape index (κ1) is 10.5. The van der Waals surface area contributed by atoms with Crippen LogP contribution in [0.1, 0.15) is 20.7 Å². The predicted octanol–water partition coefficient (Wildman–Crippen LogP) is 0.470. The zero-order valence-corrected chi connectivity index (χ0v) is 9.25. The molecule has 1 aromatic heterocycles. The third kappa shape index (κ3) is 1.53. The van der Waals surface area contributed by atoms with Crippen LogP contribution in [0.25, 0.3) is 0 Å². The Morgan fingerprint density at radius 1 is 1.17 bits per heavy atom. The number of nitrogens with zero attached hydrogens (tertiary/aromatic N) is 3. The lowest BCUT2D eigenvalue weighted by Crippen LogP contribution is -2.34. The van der Waals surface area contributed by atoms with Crippen molar-refractivity contribution in [3.63, 3.8) is 0 Å². The Morgan fingerprint density at radius 3 is 2.39 bits per heavy atom. The summed E-state index contributed by atoms with van der Waals surface area (Å²) in [5.41, 5.74) is 0.865. The Balaban J connectivity index is 1.80. The summed E-state index contributed by atoms with van der Waals surface area (Å²) in [6, 6.07) is 6.75. The van der Waals surface area contributed by atoms with Crippen molar-refractivity contribution < 1.29 is 9.59 Å². The van der Waals surface area contributed by atoms with Gasteiger partial charge in [0.15, 0.2) is 0 Å². The van der Waals surface area contributed by atoms with Crippen LogP contribution < -0.4 is 5.32 Å². The van der Waals surface area contributed by atoms with E-state index >= 15 is 0 Å². The molecule has 1 aromatic carbocycles. The maximum atomic E-state index is 12.0. The average molecular weight is 243 g/mol. The van der Waals surface area contributed by atoms with Gasteiger partial charge in [-0.05, 0) is 12.1 Å². The molecule has 2 heterocycles. The Bertz CT molecular complexity index is 573. The van der Waals surface area contributed by atoms with E-state index in [4.69, 9.17) is 0 Å². The molecule has 0 radical (unpaired) electrons. The number of anilines is 1. The van der Waals surface area contributed by atoms with Crippen molar-refractivity contribution in [1.29, 1.82) is 0 Å². The second kappa shape index (κ2) is 3.95. The van der Waals surface area contributed by atoms with E-state index in [1.165, 1.54) is 6.33 Å². The number of carbonyl (C=O) groups excluding carboxylic acids is 2. The largest absolute Gasteiger partial charge is 0.336 e. The molecule has 1 aliphatic heterocycles. The first-order valence-electron chi connectivity index (χ1n) is 5.32. The fourth-order valence-corrected chi connectivity index (χ4v) is 1.83. The Hall–Kier alpha value is -2.70. The molecule has 90 valence electrons. The van der Waals surface area contributed by atoms with Crippen LogP contribution in [0, 0.1) is 0 Å². The molecular formula is C11H9N5O2. The summed E-state index contributed by atoms with van der Waals surface area (Å²) in [5.74, 6) is -0.197. The second-order valence-corrected chi connectivity index (χ2v) is 3.75. The Kier molecular flexibility index (Phi) is 2.30. The van der Waals surface area contributed by atoms with Gasteiger partial charge in [-0.3, -0.25) is 14.5 Å². The lowest BCUT2D eigenvalue weighted by molar-refractivity contribution is 0.0665. The summed E-state index contributed by atoms with van der Waals surface area (Å²) in [5, 5.41) is 9.07. The van der Waals surface area contributed by atoms with Gasteiger partial charge in [-0.15, -0.1) is 0 Å². The lowest BCUT2D eigenvalue weighted by atomic mass is 10.1. The molecule has 7 heteroatoms. The van der Waals surface area contributed by atoms with E-state index in [2.05, 4.69) is 20.5 Å². The van der Waals surface area contributed by atoms with E-state index in [-0.39, 0.29) is 18.5 Å². The molecule has 7 nitrogen and oxygen atoms in total. The molecule has 0 spiro atoms. The van der Waals surface area contributed by atoms with Gasteiger partial charge < -0.3 is 5.32 Å². The van der Waals surface area contributed by atoms with E-state index in [1.54, 1.807) is 24.3 Å². The van der Waals surface area contributed by atoms with Crippen molar-refractivity contribution in [2.45, 2.75) is 0 Å². The number of aromatic nitrogens is 3. The minimum absolute atomic E-state index is 0.0571. The van der Waals surface area contributed by atoms with Gasteiger partial charge in [-0.1, -0.05) is 12.1 Å². The molecule has 0 saturated heterocycles. The molecule has 0 fully saturated rings. The number of benzene rings is 1. The summed E-state index contributed by atoms with van der Waals surface area (Å²) >= 11 is 0. The number of aromatic amines is 1. The molecule has 0 aliphatic carbocycles. The predicted molar refractivity (Wildman–Crippen MR) is 61.8 cm³/mol. The highest BCUT2D eigenvalue weighted by atomic mass is 16.2. The number of carbonyl (C=O) groups is 2. The number of nitrogens with one attached hydrogen (secondary N) is 2. The molecule has 2 amide bonds. The normalized spacial score (nSPS) is 13.9. The van der Waals surface area contributed by atoms with Gasteiger partial charge in [0, 0.05) is 0 Å². The van der Waals surface area contributed by atoms with Crippen LogP contribution in [0.2, 0.25) is 0 Å². The van der Waals surface area contributed by atoms with E-state index in [0.29, 0.717) is 17.1 Å². The first-order chi connectivity index (χ1) is 8.77. The van der Waals surface area contributed by atoms with Crippen LogP contribution in [-0.2, 0) is 0 Å². The van der Waals surface area contributed by atoms with Crippen LogP contribution in [-0.4, -0.2) is 38.6 Å². The second-order valence-electron chi connectivity index (χ2n) is 3.75. The molecule has 0 bridgehead atoms. The topological polar surface area (TPSA) is 91.0 Å². The van der Waals surface area contributed by atoms with Gasteiger partial charge >= 0.3 is 0 Å². The van der Waals surface area contributed by atoms with Gasteiger partial charge in [0.2, 0.25) is 5.95 Å². The fraction of sp³-hybridized carbons (Fsp3) is 0.0909. The highest BCUT2D eigenvalue weighted by Gasteiger charge is 2.34. The van der Waals surface area contributed by atoms with Gasteiger partial charge in [0.1, 0.15) is 13.0 Å². The Labute approximate surface area is 102 Å². The van der Waals surface area contributed by atoms with Gasteiger partial charge in [0.25, 0.3) is 11.8 Å². The number of fused-ring (bicyclic) bond motifs is 1. The fourth-order valence-electron chi connectivity index (χ4n) is 1.83. The minimum atomic E-state index is -0.303. The van der Waals surface area contributed by atoms with Crippen molar-refractivity contribution in [3.05, 3.63) is 41.7 Å². The molecule has 3 rings (SSSR count). The van der Waals surface area contributed by atoms with Gasteiger partial charge in [-0.2, -0.15) is 5.10 Å². The lowest BCUT2D eigenvalue weighted by Gasteiger charge is -2.13. The van der Waals surface area contributed by atoms with Crippen molar-refractivity contribution in [2.75, 3.05) is 12.0 Å². The van der Waals surface area contributed by atoms with E-state index in [1.807, 2.05) is 0 Å². The number of H-pyrrole nitrogens is 1. The third-order valence-electron chi connectivity index (χ3n) is 2.70. The van der Waals surface area contributed by atoms with Gasteiger partial charge in [0.05, 0.1) is 11.1 Å². The molecule has 18 heavy (non-hydrogen) atoms. The number of hydrogen-bond donors (Lipinski definition) is 2. The monoisotopic (exact) mass is 243 g/mol. The number of amides is 2. The van der Waals surface area contributed by atoms with E-state index in [9.17, 15) is 9.59 Å². The van der Waals surface area contributed by atoms with Crippen LogP contribution in [0.4, 0.5) is 5.95 Å². The number of imide groups is 1. The molecule has 2 N–H and O–H groups in total. The molecule has 0 saturated carbocycles. The molecule has 2 aromatic rings. The molecule has 0 unspecified atom stereocenters. The summed E-state index contributed by atoms with van der Waals surface area (Å²) in [7, 11) is 0. The highest BCUT2D eigenvalue weighted by molar-refractivity contribution is 6.21.